The summed E-state index contributed by atoms with van der Waals surface area (Å²) in [6.07, 6.45) is 4.66. The first-order chi connectivity index (χ1) is 11.1. The van der Waals surface area contributed by atoms with Gasteiger partial charge in [-0.05, 0) is 50.9 Å². The largest absolute Gasteiger partial charge is 0.477 e. The molecule has 24 heavy (non-hydrogen) atoms. The van der Waals surface area contributed by atoms with Crippen molar-refractivity contribution >= 4 is 29.8 Å². The van der Waals surface area contributed by atoms with E-state index in [4.69, 9.17) is 5.11 Å². The topological polar surface area (TPSA) is 86.9 Å². The first-order valence-corrected chi connectivity index (χ1v) is 8.07. The fraction of sp³-hybridized carbons (Fsp3) is 0.562. The van der Waals surface area contributed by atoms with Crippen LogP contribution in [-0.4, -0.2) is 53.1 Å². The highest BCUT2D eigenvalue weighted by molar-refractivity contribution is 5.93. The van der Waals surface area contributed by atoms with Crippen molar-refractivity contribution in [3.05, 3.63) is 33.9 Å². The Balaban J connectivity index is 0.00000208. The molecule has 0 aromatic heterocycles. The van der Waals surface area contributed by atoms with E-state index < -0.39 is 10.9 Å². The van der Waals surface area contributed by atoms with E-state index in [1.54, 1.807) is 6.07 Å². The Kier molecular flexibility index (Phi) is 6.01. The average Bonchev–Trinajstić information content (AvgIpc) is 3.09. The number of anilines is 1. The van der Waals surface area contributed by atoms with E-state index in [2.05, 4.69) is 9.80 Å². The number of carbonyl (C=O) groups is 1. The predicted molar refractivity (Wildman–Crippen MR) is 93.3 cm³/mol. The first kappa shape index (κ1) is 18.5. The maximum atomic E-state index is 11.1. The van der Waals surface area contributed by atoms with Gasteiger partial charge in [-0.25, -0.2) is 4.79 Å². The molecule has 0 unspecified atom stereocenters. The summed E-state index contributed by atoms with van der Waals surface area (Å²) < 4.78 is 0. The number of carboxylic acids is 1. The summed E-state index contributed by atoms with van der Waals surface area (Å²) in [5, 5.41) is 20.2. The lowest BCUT2D eigenvalue weighted by atomic mass is 10.0. The van der Waals surface area contributed by atoms with Crippen LogP contribution in [0.15, 0.2) is 18.2 Å². The van der Waals surface area contributed by atoms with Gasteiger partial charge in [0.1, 0.15) is 5.56 Å². The molecule has 3 rings (SSSR count). The van der Waals surface area contributed by atoms with Gasteiger partial charge >= 0.3 is 5.97 Å². The zero-order valence-electron chi connectivity index (χ0n) is 13.4. The van der Waals surface area contributed by atoms with Gasteiger partial charge < -0.3 is 14.9 Å². The number of piperidine rings is 1. The third kappa shape index (κ3) is 3.79. The third-order valence-electron chi connectivity index (χ3n) is 4.90. The predicted octanol–water partition coefficient (Wildman–Crippen LogP) is 2.78. The highest BCUT2D eigenvalue weighted by atomic mass is 35.5. The van der Waals surface area contributed by atoms with Gasteiger partial charge in [-0.2, -0.15) is 0 Å². The van der Waals surface area contributed by atoms with Crippen LogP contribution in [0.1, 0.15) is 36.0 Å². The number of nitro benzene ring substituents is 1. The summed E-state index contributed by atoms with van der Waals surface area (Å²) in [4.78, 5) is 26.2. The van der Waals surface area contributed by atoms with Gasteiger partial charge in [0.15, 0.2) is 0 Å². The van der Waals surface area contributed by atoms with Gasteiger partial charge in [-0.3, -0.25) is 10.1 Å². The van der Waals surface area contributed by atoms with Crippen LogP contribution >= 0.6 is 12.4 Å². The zero-order valence-corrected chi connectivity index (χ0v) is 14.2. The highest BCUT2D eigenvalue weighted by Crippen LogP contribution is 2.29. The van der Waals surface area contributed by atoms with Crippen LogP contribution in [0.3, 0.4) is 0 Å². The average molecular weight is 356 g/mol. The Morgan fingerprint density at radius 1 is 1.17 bits per heavy atom. The second kappa shape index (κ2) is 7.81. The number of likely N-dealkylation sites (tertiary alicyclic amines) is 1. The molecule has 0 aliphatic carbocycles. The SMILES string of the molecule is Cl.O=C(O)c1ccc(N2CCC(N3CCCC3)CC2)cc1[N+](=O)[O-]. The summed E-state index contributed by atoms with van der Waals surface area (Å²) >= 11 is 0. The summed E-state index contributed by atoms with van der Waals surface area (Å²) in [5.41, 5.74) is 0.143. The van der Waals surface area contributed by atoms with Crippen molar-refractivity contribution in [2.75, 3.05) is 31.1 Å². The molecule has 0 saturated carbocycles. The van der Waals surface area contributed by atoms with Crippen LogP contribution in [0.2, 0.25) is 0 Å². The number of nitrogens with zero attached hydrogens (tertiary/aromatic N) is 3. The maximum Gasteiger partial charge on any atom is 0.342 e. The molecule has 1 aromatic carbocycles. The molecule has 1 aromatic rings. The molecule has 8 heteroatoms. The quantitative estimate of drug-likeness (QED) is 0.660. The van der Waals surface area contributed by atoms with Crippen molar-refractivity contribution in [2.45, 2.75) is 31.7 Å². The van der Waals surface area contributed by atoms with Crippen LogP contribution < -0.4 is 4.90 Å². The minimum Gasteiger partial charge on any atom is -0.477 e. The fourth-order valence-corrected chi connectivity index (χ4v) is 3.64. The van der Waals surface area contributed by atoms with Gasteiger partial charge in [-0.1, -0.05) is 0 Å². The van der Waals surface area contributed by atoms with Crippen molar-refractivity contribution in [2.24, 2.45) is 0 Å². The Hall–Kier alpha value is -1.86. The van der Waals surface area contributed by atoms with Crippen LogP contribution in [0.4, 0.5) is 11.4 Å². The monoisotopic (exact) mass is 355 g/mol. The van der Waals surface area contributed by atoms with Crippen LogP contribution in [0, 0.1) is 10.1 Å². The fourth-order valence-electron chi connectivity index (χ4n) is 3.64. The molecular weight excluding hydrogens is 334 g/mol. The van der Waals surface area contributed by atoms with E-state index in [0.717, 1.165) is 31.6 Å². The Labute approximate surface area is 146 Å². The number of rotatable bonds is 4. The molecule has 2 fully saturated rings. The number of carboxylic acid groups (broad SMARTS) is 1. The number of hydrogen-bond acceptors (Lipinski definition) is 5. The van der Waals surface area contributed by atoms with Crippen molar-refractivity contribution < 1.29 is 14.8 Å². The maximum absolute atomic E-state index is 11.1. The van der Waals surface area contributed by atoms with E-state index in [1.807, 2.05) is 0 Å². The van der Waals surface area contributed by atoms with E-state index in [0.29, 0.717) is 6.04 Å². The van der Waals surface area contributed by atoms with Crippen molar-refractivity contribution in [3.63, 3.8) is 0 Å². The lowest BCUT2D eigenvalue weighted by Crippen LogP contribution is -2.43. The third-order valence-corrected chi connectivity index (χ3v) is 4.90. The van der Waals surface area contributed by atoms with Gasteiger partial charge in [0, 0.05) is 30.9 Å². The summed E-state index contributed by atoms with van der Waals surface area (Å²) in [5.74, 6) is -1.27. The first-order valence-electron chi connectivity index (χ1n) is 8.07. The van der Waals surface area contributed by atoms with Gasteiger partial charge in [0.25, 0.3) is 5.69 Å². The second-order valence-corrected chi connectivity index (χ2v) is 6.23. The lowest BCUT2D eigenvalue weighted by molar-refractivity contribution is -0.385. The zero-order chi connectivity index (χ0) is 16.4. The van der Waals surface area contributed by atoms with Crippen LogP contribution in [-0.2, 0) is 0 Å². The van der Waals surface area contributed by atoms with Crippen LogP contribution in [0.25, 0.3) is 0 Å². The number of benzene rings is 1. The Morgan fingerprint density at radius 3 is 2.33 bits per heavy atom. The molecule has 2 aliphatic heterocycles. The van der Waals surface area contributed by atoms with E-state index in [1.165, 1.54) is 38.1 Å². The summed E-state index contributed by atoms with van der Waals surface area (Å²) in [7, 11) is 0. The molecule has 2 aliphatic rings. The molecule has 0 spiro atoms. The number of halogens is 1. The molecule has 0 radical (unpaired) electrons. The van der Waals surface area contributed by atoms with Crippen molar-refractivity contribution in [3.8, 4) is 0 Å². The van der Waals surface area contributed by atoms with Crippen molar-refractivity contribution in [1.82, 2.24) is 4.90 Å². The van der Waals surface area contributed by atoms with E-state index in [-0.39, 0.29) is 23.7 Å². The van der Waals surface area contributed by atoms with E-state index >= 15 is 0 Å². The summed E-state index contributed by atoms with van der Waals surface area (Å²) in [6.45, 7) is 4.07. The second-order valence-electron chi connectivity index (χ2n) is 6.23. The molecule has 7 nitrogen and oxygen atoms in total. The molecule has 1 N–H and O–H groups in total. The molecule has 2 saturated heterocycles. The summed E-state index contributed by atoms with van der Waals surface area (Å²) in [6, 6.07) is 5.01. The van der Waals surface area contributed by atoms with E-state index in [9.17, 15) is 14.9 Å². The van der Waals surface area contributed by atoms with Gasteiger partial charge in [0.05, 0.1) is 4.92 Å². The van der Waals surface area contributed by atoms with Crippen molar-refractivity contribution in [1.29, 1.82) is 0 Å². The molecule has 0 amide bonds. The molecule has 0 atom stereocenters. The highest BCUT2D eigenvalue weighted by Gasteiger charge is 2.28. The number of aromatic carboxylic acids is 1. The smallest absolute Gasteiger partial charge is 0.342 e. The minimum absolute atomic E-state index is 0. The normalized spacial score (nSPS) is 19.1. The Morgan fingerprint density at radius 2 is 1.79 bits per heavy atom. The van der Waals surface area contributed by atoms with Gasteiger partial charge in [-0.15, -0.1) is 12.4 Å². The molecule has 132 valence electrons. The standard InChI is InChI=1S/C16H21N3O4.ClH/c20-16(21)14-4-3-13(11-15(14)19(22)23)18-9-5-12(6-10-18)17-7-1-2-8-17;/h3-4,11-12H,1-2,5-10H2,(H,20,21);1H. The minimum atomic E-state index is -1.27. The van der Waals surface area contributed by atoms with Gasteiger partial charge in [0.2, 0.25) is 0 Å². The van der Waals surface area contributed by atoms with Crippen LogP contribution in [0.5, 0.6) is 0 Å². The molecule has 2 heterocycles. The molecule has 0 bridgehead atoms. The number of nitro groups is 1. The Bertz CT molecular complexity index is 611. The number of hydrogen-bond donors (Lipinski definition) is 1. The lowest BCUT2D eigenvalue weighted by Gasteiger charge is -2.37. The molecular formula is C16H22ClN3O4.